The Morgan fingerprint density at radius 3 is 1.70 bits per heavy atom. The minimum absolute atomic E-state index is 0.00403. The van der Waals surface area contributed by atoms with Crippen LogP contribution in [0.3, 0.4) is 0 Å². The number of benzene rings is 3. The molecule has 1 atom stereocenters. The van der Waals surface area contributed by atoms with E-state index in [0.29, 0.717) is 11.1 Å². The van der Waals surface area contributed by atoms with Gasteiger partial charge in [0.25, 0.3) is 40.5 Å². The number of pyridine rings is 1. The number of azo groups is 3. The van der Waals surface area contributed by atoms with Crippen molar-refractivity contribution < 1.29 is 71.2 Å². The van der Waals surface area contributed by atoms with Crippen LogP contribution in [0.2, 0.25) is 0 Å². The SMILES string of the molecule is COc1ccc(N=Nc2cc(OCCCS(=O)(=O)O)c(N=Nc3cc(OCCCS(=O)(=O)O)c(N=Nc4c(C)c(C#N)c5nc6c(n5c4O)C=CC(C)(S(=O)(=O)O)C=C6)cc3C)cc2C)c(S(=O)(=O)O)c1. The summed E-state index contributed by atoms with van der Waals surface area (Å²) < 4.78 is 149. The average molecular weight is 1060 g/mol. The molecule has 71 heavy (non-hydrogen) atoms. The van der Waals surface area contributed by atoms with Crippen LogP contribution in [0.15, 0.2) is 90.2 Å². The van der Waals surface area contributed by atoms with E-state index in [0.717, 1.165) is 10.5 Å². The Balaban J connectivity index is 1.41. The maximum Gasteiger partial charge on any atom is 0.296 e. The quantitative estimate of drug-likeness (QED) is 0.0294. The van der Waals surface area contributed by atoms with Crippen LogP contribution in [0.25, 0.3) is 17.8 Å². The first-order valence-electron chi connectivity index (χ1n) is 20.5. The van der Waals surface area contributed by atoms with Gasteiger partial charge < -0.3 is 19.3 Å². The molecule has 25 nitrogen and oxygen atoms in total. The molecule has 1 aliphatic carbocycles. The van der Waals surface area contributed by atoms with Gasteiger partial charge in [0, 0.05) is 23.8 Å². The monoisotopic (exact) mass is 1060 g/mol. The van der Waals surface area contributed by atoms with Gasteiger partial charge >= 0.3 is 0 Å². The zero-order chi connectivity index (χ0) is 52.3. The zero-order valence-electron chi connectivity index (χ0n) is 38.0. The summed E-state index contributed by atoms with van der Waals surface area (Å²) in [7, 11) is -16.8. The molecule has 376 valence electrons. The Bertz CT molecular complexity index is 3620. The second-order valence-electron chi connectivity index (χ2n) is 15.7. The van der Waals surface area contributed by atoms with Crippen LogP contribution in [-0.2, 0) is 40.5 Å². The second kappa shape index (κ2) is 20.7. The smallest absolute Gasteiger partial charge is 0.296 e. The molecule has 5 N–H and O–H groups in total. The number of hydrogen-bond acceptors (Lipinski definition) is 20. The molecule has 2 aromatic heterocycles. The molecule has 1 aliphatic rings. The summed E-state index contributed by atoms with van der Waals surface area (Å²) >= 11 is 0. The number of fused-ring (bicyclic) bond motifs is 3. The van der Waals surface area contributed by atoms with Crippen LogP contribution in [0.5, 0.6) is 23.1 Å². The molecular weight excluding hydrogens is 1010 g/mol. The van der Waals surface area contributed by atoms with Crippen LogP contribution in [-0.4, -0.2) is 103 Å². The number of aryl methyl sites for hydroxylation is 2. The Kier molecular flexibility index (Phi) is 15.6. The summed E-state index contributed by atoms with van der Waals surface area (Å²) in [6.07, 6.45) is 4.68. The van der Waals surface area contributed by atoms with Gasteiger partial charge in [-0.1, -0.05) is 12.2 Å². The molecule has 0 amide bonds. The summed E-state index contributed by atoms with van der Waals surface area (Å²) in [6.45, 7) is 5.41. The third-order valence-corrected chi connectivity index (χ3v) is 14.4. The summed E-state index contributed by atoms with van der Waals surface area (Å²) in [4.78, 5) is 3.85. The first-order chi connectivity index (χ1) is 33.1. The van der Waals surface area contributed by atoms with Crippen molar-refractivity contribution in [2.45, 2.75) is 50.2 Å². The van der Waals surface area contributed by atoms with E-state index in [9.17, 15) is 62.3 Å². The first-order valence-corrected chi connectivity index (χ1v) is 26.6. The second-order valence-corrected chi connectivity index (χ2v) is 22.1. The highest BCUT2D eigenvalue weighted by molar-refractivity contribution is 7.87. The van der Waals surface area contributed by atoms with E-state index in [1.165, 1.54) is 81.7 Å². The lowest BCUT2D eigenvalue weighted by molar-refractivity contribution is 0.317. The number of imidazole rings is 1. The molecule has 3 aromatic carbocycles. The standard InChI is InChI=1S/C42H43N9O16S4/c1-24-18-33(36(66-14-6-16-68(53,54)55)21-31(24)46-45-30-9-8-27(65-5)20-38(30)70(59,60)61)48-47-32-22-37(67-15-7-17-69(56,57)58)34(19-25(32)2)49-50-39-26(3)28(23-43)40-44-29-10-12-42(4,71(62,63)64)13-11-35(29)51(40)41(39)52/h8-13,18-22,52H,6-7,14-17H2,1-5H3,(H,53,54,55)(H,56,57,58)(H,59,60,61)(H,62,63,64). The highest BCUT2D eigenvalue weighted by Gasteiger charge is 2.35. The third-order valence-electron chi connectivity index (χ3n) is 10.5. The number of aromatic nitrogens is 2. The first kappa shape index (κ1) is 53.3. The largest absolute Gasteiger partial charge is 0.497 e. The van der Waals surface area contributed by atoms with E-state index in [-0.39, 0.29) is 106 Å². The lowest BCUT2D eigenvalue weighted by atomic mass is 10.1. The molecule has 0 aliphatic heterocycles. The lowest BCUT2D eigenvalue weighted by Crippen LogP contribution is -2.29. The van der Waals surface area contributed by atoms with Gasteiger partial charge in [-0.25, -0.2) is 4.98 Å². The predicted molar refractivity (Wildman–Crippen MR) is 255 cm³/mol. The van der Waals surface area contributed by atoms with E-state index in [2.05, 4.69) is 35.7 Å². The van der Waals surface area contributed by atoms with Gasteiger partial charge in [-0.3, -0.25) is 22.6 Å². The Labute approximate surface area is 406 Å². The van der Waals surface area contributed by atoms with Crippen molar-refractivity contribution >= 4 is 92.4 Å². The van der Waals surface area contributed by atoms with E-state index in [1.807, 2.05) is 6.07 Å². The fourth-order valence-electron chi connectivity index (χ4n) is 6.65. The van der Waals surface area contributed by atoms with Gasteiger partial charge in [0.2, 0.25) is 5.88 Å². The maximum atomic E-state index is 12.2. The molecule has 6 rings (SSSR count). The molecule has 29 heteroatoms. The zero-order valence-corrected chi connectivity index (χ0v) is 41.2. The molecule has 0 bridgehead atoms. The van der Waals surface area contributed by atoms with Crippen molar-refractivity contribution in [1.29, 1.82) is 5.26 Å². The summed E-state index contributed by atoms with van der Waals surface area (Å²) in [5, 5.41) is 47.3. The van der Waals surface area contributed by atoms with Crippen molar-refractivity contribution in [3.8, 4) is 29.2 Å². The molecule has 0 fully saturated rings. The molecule has 1 unspecified atom stereocenters. The summed E-state index contributed by atoms with van der Waals surface area (Å²) in [5.41, 5.74) is 1.13. The van der Waals surface area contributed by atoms with Gasteiger partial charge in [-0.2, -0.15) is 49.2 Å². The van der Waals surface area contributed by atoms with Crippen LogP contribution in [0.1, 0.15) is 53.4 Å². The Morgan fingerprint density at radius 2 is 1.21 bits per heavy atom. The summed E-state index contributed by atoms with van der Waals surface area (Å²) in [5.74, 6) is -1.80. The van der Waals surface area contributed by atoms with Crippen LogP contribution in [0, 0.1) is 32.1 Å². The number of methoxy groups -OCH3 is 1. The number of nitriles is 1. The van der Waals surface area contributed by atoms with Crippen molar-refractivity contribution in [2.75, 3.05) is 31.8 Å². The topological polar surface area (TPSA) is 381 Å². The van der Waals surface area contributed by atoms with E-state index >= 15 is 0 Å². The molecule has 0 radical (unpaired) electrons. The van der Waals surface area contributed by atoms with Crippen LogP contribution in [0.4, 0.5) is 34.1 Å². The van der Waals surface area contributed by atoms with E-state index in [1.54, 1.807) is 13.8 Å². The number of hydrogen-bond donors (Lipinski definition) is 5. The molecule has 2 heterocycles. The van der Waals surface area contributed by atoms with Crippen molar-refractivity contribution in [3.63, 3.8) is 0 Å². The minimum Gasteiger partial charge on any atom is -0.497 e. The van der Waals surface area contributed by atoms with Crippen LogP contribution >= 0.6 is 0 Å². The Hall–Kier alpha value is -7.04. The number of rotatable bonds is 19. The van der Waals surface area contributed by atoms with Gasteiger partial charge in [-0.05, 0) is 88.1 Å². The maximum absolute atomic E-state index is 12.2. The molecule has 5 aromatic rings. The number of aromatic hydroxyl groups is 1. The van der Waals surface area contributed by atoms with E-state index in [4.69, 9.17) is 14.2 Å². The third kappa shape index (κ3) is 12.7. The normalized spacial score (nSPS) is 15.4. The molecular formula is C42H43N9O16S4. The van der Waals surface area contributed by atoms with Crippen molar-refractivity contribution in [2.24, 2.45) is 30.7 Å². The highest BCUT2D eigenvalue weighted by Crippen LogP contribution is 2.43. The lowest BCUT2D eigenvalue weighted by Gasteiger charge is -2.16. The van der Waals surface area contributed by atoms with E-state index < -0.39 is 67.5 Å². The average Bonchev–Trinajstić information content (AvgIpc) is 3.55. The van der Waals surface area contributed by atoms with Gasteiger partial charge in [0.05, 0.1) is 54.6 Å². The molecule has 0 spiro atoms. The highest BCUT2D eigenvalue weighted by atomic mass is 32.2. The molecule has 0 saturated carbocycles. The number of nitrogens with zero attached hydrogens (tertiary/aromatic N) is 9. The van der Waals surface area contributed by atoms with Crippen LogP contribution < -0.4 is 14.2 Å². The fourth-order valence-corrected chi connectivity index (χ4v) is 8.73. The summed E-state index contributed by atoms with van der Waals surface area (Å²) in [6, 6.07) is 11.4. The van der Waals surface area contributed by atoms with Gasteiger partial charge in [0.15, 0.2) is 11.3 Å². The minimum atomic E-state index is -4.77. The van der Waals surface area contributed by atoms with Gasteiger partial charge in [-0.15, -0.1) is 20.5 Å². The predicted octanol–water partition coefficient (Wildman–Crippen LogP) is 8.34. The molecule has 0 saturated heterocycles. The van der Waals surface area contributed by atoms with Crippen molar-refractivity contribution in [3.05, 3.63) is 88.3 Å². The number of ether oxygens (including phenoxy) is 3. The fraction of sp³-hybridized carbons (Fsp3) is 0.286. The Morgan fingerprint density at radius 1 is 0.704 bits per heavy atom. The van der Waals surface area contributed by atoms with Gasteiger partial charge in [0.1, 0.15) is 55.6 Å². The van der Waals surface area contributed by atoms with Crippen molar-refractivity contribution in [1.82, 2.24) is 9.38 Å².